The fourth-order valence-corrected chi connectivity index (χ4v) is 2.95. The van der Waals surface area contributed by atoms with Crippen molar-refractivity contribution in [3.63, 3.8) is 0 Å². The van der Waals surface area contributed by atoms with E-state index in [-0.39, 0.29) is 22.3 Å². The van der Waals surface area contributed by atoms with Gasteiger partial charge in [0, 0.05) is 6.92 Å². The number of carboxylic acid groups (broad SMARTS) is 1. The Morgan fingerprint density at radius 2 is 1.77 bits per heavy atom. The first kappa shape index (κ1) is 21.8. The lowest BCUT2D eigenvalue weighted by Crippen LogP contribution is -2.30. The van der Waals surface area contributed by atoms with Gasteiger partial charge in [0.15, 0.2) is 0 Å². The summed E-state index contributed by atoms with van der Waals surface area (Å²) in [6.07, 6.45) is -4.88. The monoisotopic (exact) mass is 437 g/mol. The second-order valence-corrected chi connectivity index (χ2v) is 6.10. The number of carbonyl (C=O) groups is 2. The molecule has 3 rings (SSSR count). The third-order valence-electron chi connectivity index (χ3n) is 4.10. The molecule has 3 aromatic rings. The molecule has 9 nitrogen and oxygen atoms in total. The summed E-state index contributed by atoms with van der Waals surface area (Å²) < 4.78 is 42.1. The Bertz CT molecular complexity index is 1220. The maximum absolute atomic E-state index is 12.8. The van der Waals surface area contributed by atoms with Crippen molar-refractivity contribution in [2.24, 2.45) is 0 Å². The van der Waals surface area contributed by atoms with E-state index in [2.05, 4.69) is 9.84 Å². The predicted octanol–water partition coefficient (Wildman–Crippen LogP) is 2.90. The van der Waals surface area contributed by atoms with Crippen molar-refractivity contribution in [2.45, 2.75) is 13.3 Å². The van der Waals surface area contributed by atoms with Crippen molar-refractivity contribution in [2.75, 3.05) is 12.2 Å². The molecule has 0 aliphatic rings. The summed E-state index contributed by atoms with van der Waals surface area (Å²) in [5.74, 6) is -2.70. The number of rotatable bonds is 5. The second-order valence-electron chi connectivity index (χ2n) is 6.10. The molecule has 1 heterocycles. The molecule has 0 aliphatic heterocycles. The zero-order chi connectivity index (χ0) is 22.9. The topological polar surface area (TPSA) is 111 Å². The number of anilines is 1. The van der Waals surface area contributed by atoms with Crippen LogP contribution in [0.25, 0.3) is 16.6 Å². The summed E-state index contributed by atoms with van der Waals surface area (Å²) in [7, 11) is 1.19. The van der Waals surface area contributed by atoms with Crippen LogP contribution in [0.2, 0.25) is 0 Å². The molecule has 1 N–H and O–H groups in total. The van der Waals surface area contributed by atoms with E-state index in [9.17, 15) is 32.7 Å². The number of carbonyl (C=O) groups excluding carboxylic acids is 1. The van der Waals surface area contributed by atoms with Gasteiger partial charge in [-0.2, -0.15) is 10.2 Å². The van der Waals surface area contributed by atoms with Gasteiger partial charge in [-0.25, -0.2) is 9.48 Å². The molecule has 31 heavy (non-hydrogen) atoms. The highest BCUT2D eigenvalue weighted by Gasteiger charge is 2.31. The molecule has 0 saturated heterocycles. The van der Waals surface area contributed by atoms with Gasteiger partial charge < -0.3 is 9.84 Å². The van der Waals surface area contributed by atoms with Gasteiger partial charge in [0.2, 0.25) is 17.0 Å². The van der Waals surface area contributed by atoms with Crippen LogP contribution in [0.5, 0.6) is 5.75 Å². The lowest BCUT2D eigenvalue weighted by Gasteiger charge is -2.20. The Morgan fingerprint density at radius 1 is 1.13 bits per heavy atom. The molecule has 1 amide bonds. The Labute approximate surface area is 171 Å². The lowest BCUT2D eigenvalue weighted by molar-refractivity contribution is -0.274. The Kier molecular flexibility index (Phi) is 5.66. The Balaban J connectivity index is 2.30. The van der Waals surface area contributed by atoms with Crippen molar-refractivity contribution < 1.29 is 37.4 Å². The van der Waals surface area contributed by atoms with Gasteiger partial charge in [-0.15, -0.1) is 13.2 Å². The number of amides is 1. The molecule has 0 atom stereocenters. The van der Waals surface area contributed by atoms with Crippen molar-refractivity contribution in [1.82, 2.24) is 9.78 Å². The van der Waals surface area contributed by atoms with Gasteiger partial charge in [-0.05, 0) is 36.4 Å². The fourth-order valence-electron chi connectivity index (χ4n) is 2.95. The van der Waals surface area contributed by atoms with Crippen LogP contribution in [-0.4, -0.2) is 40.2 Å². The summed E-state index contributed by atoms with van der Waals surface area (Å²) in [5, 5.41) is 13.9. The molecule has 12 heteroatoms. The highest BCUT2D eigenvalue weighted by Crippen LogP contribution is 2.28. The van der Waals surface area contributed by atoms with Crippen LogP contribution in [0, 0.1) is 0 Å². The van der Waals surface area contributed by atoms with E-state index >= 15 is 0 Å². The average Bonchev–Trinajstić information content (AvgIpc) is 2.68. The minimum atomic E-state index is -4.88. The molecule has 0 aliphatic carbocycles. The molecule has 2 aromatic carbocycles. The first-order valence-electron chi connectivity index (χ1n) is 8.54. The number of hydrogen-bond acceptors (Lipinski definition) is 6. The minimum absolute atomic E-state index is 0.0202. The zero-order valence-corrected chi connectivity index (χ0v) is 16.0. The first-order valence-corrected chi connectivity index (χ1v) is 8.54. The van der Waals surface area contributed by atoms with E-state index in [0.29, 0.717) is 0 Å². The van der Waals surface area contributed by atoms with E-state index < -0.39 is 35.1 Å². The van der Waals surface area contributed by atoms with Crippen LogP contribution in [0.1, 0.15) is 17.4 Å². The standard InChI is InChI=1S/C19H14F3N3O6/c1-10(26)25(30-2)14-5-3-4-13-15(14)17(27)16(18(28)29)23-24(13)11-6-8-12(9-7-11)31-19(20,21)22/h3-9H,1-2H3,(H,28,29). The van der Waals surface area contributed by atoms with Gasteiger partial charge >= 0.3 is 12.3 Å². The fraction of sp³-hybridized carbons (Fsp3) is 0.158. The molecule has 0 bridgehead atoms. The van der Waals surface area contributed by atoms with Gasteiger partial charge in [0.05, 0.1) is 29.4 Å². The normalized spacial score (nSPS) is 11.4. The number of aromatic nitrogens is 2. The van der Waals surface area contributed by atoms with Crippen molar-refractivity contribution >= 4 is 28.5 Å². The lowest BCUT2D eigenvalue weighted by atomic mass is 10.1. The molecule has 0 spiro atoms. The van der Waals surface area contributed by atoms with Crippen LogP contribution in [0.3, 0.4) is 0 Å². The number of aromatic carboxylic acids is 1. The number of hydroxylamine groups is 1. The number of fused-ring (bicyclic) bond motifs is 1. The summed E-state index contributed by atoms with van der Waals surface area (Å²) in [5.41, 5.74) is -1.59. The SMILES string of the molecule is CON(C(C)=O)c1cccc2c1c(=O)c(C(=O)O)nn2-c1ccc(OC(F)(F)F)cc1. The Morgan fingerprint density at radius 3 is 2.29 bits per heavy atom. The van der Waals surface area contributed by atoms with Crippen LogP contribution in [-0.2, 0) is 9.63 Å². The van der Waals surface area contributed by atoms with Crippen LogP contribution < -0.4 is 15.2 Å². The van der Waals surface area contributed by atoms with E-state index in [0.717, 1.165) is 21.9 Å². The number of hydrogen-bond donors (Lipinski definition) is 1. The summed E-state index contributed by atoms with van der Waals surface area (Å²) in [4.78, 5) is 41.4. The zero-order valence-electron chi connectivity index (χ0n) is 16.0. The number of nitrogens with zero attached hydrogens (tertiary/aromatic N) is 3. The van der Waals surface area contributed by atoms with Gasteiger partial charge in [-0.1, -0.05) is 6.07 Å². The van der Waals surface area contributed by atoms with E-state index in [1.165, 1.54) is 44.4 Å². The van der Waals surface area contributed by atoms with Gasteiger partial charge in [0.25, 0.3) is 0 Å². The maximum Gasteiger partial charge on any atom is 0.573 e. The summed E-state index contributed by atoms with van der Waals surface area (Å²) in [6.45, 7) is 1.18. The van der Waals surface area contributed by atoms with E-state index in [1.54, 1.807) is 0 Å². The third-order valence-corrected chi connectivity index (χ3v) is 4.10. The number of halogens is 3. The second kappa shape index (κ2) is 8.07. The van der Waals surface area contributed by atoms with E-state index in [4.69, 9.17) is 4.84 Å². The highest BCUT2D eigenvalue weighted by molar-refractivity contribution is 6.02. The third kappa shape index (κ3) is 4.33. The van der Waals surface area contributed by atoms with Gasteiger partial charge in [-0.3, -0.25) is 14.4 Å². The van der Waals surface area contributed by atoms with Crippen LogP contribution >= 0.6 is 0 Å². The van der Waals surface area contributed by atoms with Crippen molar-refractivity contribution in [1.29, 1.82) is 0 Å². The molecular formula is C19H14F3N3O6. The largest absolute Gasteiger partial charge is 0.573 e. The highest BCUT2D eigenvalue weighted by atomic mass is 19.4. The molecule has 0 fully saturated rings. The van der Waals surface area contributed by atoms with Crippen molar-refractivity contribution in [3.05, 3.63) is 58.4 Å². The van der Waals surface area contributed by atoms with Crippen LogP contribution in [0.15, 0.2) is 47.3 Å². The first-order chi connectivity index (χ1) is 14.5. The Hall–Kier alpha value is -3.93. The summed E-state index contributed by atoms with van der Waals surface area (Å²) in [6, 6.07) is 8.72. The number of benzene rings is 2. The predicted molar refractivity (Wildman–Crippen MR) is 101 cm³/mol. The molecule has 0 saturated carbocycles. The number of carboxylic acids is 1. The molecule has 1 aromatic heterocycles. The molecule has 0 unspecified atom stereocenters. The minimum Gasteiger partial charge on any atom is -0.476 e. The molecular weight excluding hydrogens is 423 g/mol. The van der Waals surface area contributed by atoms with Crippen LogP contribution in [0.4, 0.5) is 18.9 Å². The van der Waals surface area contributed by atoms with Gasteiger partial charge in [0.1, 0.15) is 5.75 Å². The summed E-state index contributed by atoms with van der Waals surface area (Å²) >= 11 is 0. The molecule has 162 valence electrons. The quantitative estimate of drug-likeness (QED) is 0.611. The smallest absolute Gasteiger partial charge is 0.476 e. The molecule has 0 radical (unpaired) electrons. The van der Waals surface area contributed by atoms with Crippen molar-refractivity contribution in [3.8, 4) is 11.4 Å². The van der Waals surface area contributed by atoms with E-state index in [1.807, 2.05) is 0 Å². The number of alkyl halides is 3. The average molecular weight is 437 g/mol. The maximum atomic E-state index is 12.8. The number of ether oxygens (including phenoxy) is 1.